The number of carbonyl (C=O) groups excluding carboxylic acids is 1. The van der Waals surface area contributed by atoms with Crippen molar-refractivity contribution in [3.05, 3.63) is 66.3 Å². The predicted molar refractivity (Wildman–Crippen MR) is 86.1 cm³/mol. The van der Waals surface area contributed by atoms with Crippen LogP contribution in [-0.4, -0.2) is 22.8 Å². The van der Waals surface area contributed by atoms with Gasteiger partial charge in [-0.15, -0.1) is 10.2 Å². The second-order valence-corrected chi connectivity index (χ2v) is 5.16. The van der Waals surface area contributed by atoms with Crippen LogP contribution in [0.15, 0.2) is 59.0 Å². The molecule has 128 valence electrons. The molecule has 1 atom stereocenters. The van der Waals surface area contributed by atoms with Crippen LogP contribution in [0.1, 0.15) is 18.9 Å². The summed E-state index contributed by atoms with van der Waals surface area (Å²) in [5.41, 5.74) is 0.766. The van der Waals surface area contributed by atoms with Crippen molar-refractivity contribution in [1.29, 1.82) is 0 Å². The zero-order chi connectivity index (χ0) is 17.6. The van der Waals surface area contributed by atoms with Gasteiger partial charge < -0.3 is 13.9 Å². The average Bonchev–Trinajstić information content (AvgIpc) is 3.12. The fourth-order valence-corrected chi connectivity index (χ4v) is 2.08. The molecule has 25 heavy (non-hydrogen) atoms. The molecule has 3 aromatic rings. The van der Waals surface area contributed by atoms with Crippen molar-refractivity contribution in [2.75, 3.05) is 6.61 Å². The largest absolute Gasteiger partial charge is 0.479 e. The van der Waals surface area contributed by atoms with Crippen molar-refractivity contribution >= 4 is 5.97 Å². The number of benzene rings is 2. The summed E-state index contributed by atoms with van der Waals surface area (Å²) >= 11 is 0. The van der Waals surface area contributed by atoms with Crippen molar-refractivity contribution in [1.82, 2.24) is 10.2 Å². The molecule has 0 saturated carbocycles. The van der Waals surface area contributed by atoms with Crippen LogP contribution in [0.3, 0.4) is 0 Å². The minimum atomic E-state index is -0.748. The molecule has 3 rings (SSSR count). The highest BCUT2D eigenvalue weighted by atomic mass is 19.1. The van der Waals surface area contributed by atoms with Gasteiger partial charge in [0.05, 0.1) is 0 Å². The van der Waals surface area contributed by atoms with Crippen LogP contribution in [0.25, 0.3) is 11.5 Å². The third-order valence-electron chi connectivity index (χ3n) is 3.30. The Kier molecular flexibility index (Phi) is 5.03. The van der Waals surface area contributed by atoms with E-state index >= 15 is 0 Å². The first-order chi connectivity index (χ1) is 12.1. The van der Waals surface area contributed by atoms with E-state index in [2.05, 4.69) is 10.2 Å². The van der Waals surface area contributed by atoms with Gasteiger partial charge in [0.1, 0.15) is 0 Å². The van der Waals surface area contributed by atoms with Crippen LogP contribution < -0.4 is 4.74 Å². The highest BCUT2D eigenvalue weighted by molar-refractivity contribution is 5.71. The molecule has 0 fully saturated rings. The summed E-state index contributed by atoms with van der Waals surface area (Å²) in [4.78, 5) is 11.8. The van der Waals surface area contributed by atoms with Crippen LogP contribution in [-0.2, 0) is 9.53 Å². The summed E-state index contributed by atoms with van der Waals surface area (Å²) in [6, 6.07) is 15.0. The number of rotatable bonds is 6. The number of halogens is 1. The van der Waals surface area contributed by atoms with Gasteiger partial charge in [0, 0.05) is 5.56 Å². The molecule has 2 aromatic carbocycles. The van der Waals surface area contributed by atoms with Crippen molar-refractivity contribution in [2.24, 2.45) is 0 Å². The van der Waals surface area contributed by atoms with Gasteiger partial charge in [-0.25, -0.2) is 9.18 Å². The molecule has 1 heterocycles. The van der Waals surface area contributed by atoms with Gasteiger partial charge in [-0.2, -0.15) is 0 Å². The topological polar surface area (TPSA) is 74.5 Å². The van der Waals surface area contributed by atoms with Gasteiger partial charge in [-0.05, 0) is 31.2 Å². The fraction of sp³-hybridized carbons (Fsp3) is 0.167. The van der Waals surface area contributed by atoms with Crippen LogP contribution in [0.2, 0.25) is 0 Å². The van der Waals surface area contributed by atoms with E-state index in [1.54, 1.807) is 13.0 Å². The summed E-state index contributed by atoms with van der Waals surface area (Å²) in [5, 5.41) is 7.81. The molecule has 0 saturated heterocycles. The lowest BCUT2D eigenvalue weighted by molar-refractivity contribution is -0.152. The molecule has 0 bridgehead atoms. The van der Waals surface area contributed by atoms with E-state index in [-0.39, 0.29) is 11.6 Å². The van der Waals surface area contributed by atoms with Gasteiger partial charge in [0.15, 0.2) is 24.3 Å². The Morgan fingerprint density at radius 2 is 1.84 bits per heavy atom. The van der Waals surface area contributed by atoms with Gasteiger partial charge >= 0.3 is 5.97 Å². The smallest absolute Gasteiger partial charge is 0.344 e. The normalized spacial score (nSPS) is 11.8. The first-order valence-corrected chi connectivity index (χ1v) is 7.59. The van der Waals surface area contributed by atoms with Crippen LogP contribution in [0, 0.1) is 5.82 Å². The second kappa shape index (κ2) is 7.57. The van der Waals surface area contributed by atoms with E-state index in [0.717, 1.165) is 5.56 Å². The lowest BCUT2D eigenvalue weighted by Crippen LogP contribution is -2.17. The van der Waals surface area contributed by atoms with Crippen molar-refractivity contribution < 1.29 is 23.1 Å². The molecule has 0 N–H and O–H groups in total. The summed E-state index contributed by atoms with van der Waals surface area (Å²) in [6.45, 7) is 1.17. The second-order valence-electron chi connectivity index (χ2n) is 5.16. The first kappa shape index (κ1) is 16.6. The number of hydrogen-bond acceptors (Lipinski definition) is 6. The van der Waals surface area contributed by atoms with Crippen molar-refractivity contribution in [2.45, 2.75) is 13.0 Å². The summed E-state index contributed by atoms with van der Waals surface area (Å²) in [5.74, 6) is -0.738. The Morgan fingerprint density at radius 1 is 1.12 bits per heavy atom. The Hall–Kier alpha value is -3.22. The Morgan fingerprint density at radius 3 is 2.60 bits per heavy atom. The average molecular weight is 342 g/mol. The van der Waals surface area contributed by atoms with Crippen molar-refractivity contribution in [3.8, 4) is 17.2 Å². The number of esters is 1. The maximum atomic E-state index is 13.4. The zero-order valence-electron chi connectivity index (χ0n) is 13.4. The van der Waals surface area contributed by atoms with E-state index in [4.69, 9.17) is 13.9 Å². The molecule has 0 aliphatic heterocycles. The van der Waals surface area contributed by atoms with Crippen LogP contribution >= 0.6 is 0 Å². The third-order valence-corrected chi connectivity index (χ3v) is 3.30. The fourth-order valence-electron chi connectivity index (χ4n) is 2.08. The highest BCUT2D eigenvalue weighted by Gasteiger charge is 2.19. The van der Waals surface area contributed by atoms with E-state index in [1.807, 2.05) is 30.3 Å². The number of carbonyl (C=O) groups is 1. The number of ether oxygens (including phenoxy) is 2. The van der Waals surface area contributed by atoms with E-state index < -0.39 is 24.5 Å². The van der Waals surface area contributed by atoms with Gasteiger partial charge in [0.25, 0.3) is 5.89 Å². The standard InChI is InChI=1S/C18H15FN2O4/c1-12(17-20-21-18(25-17)13-7-3-2-4-8-13)24-16(22)11-23-15-10-6-5-9-14(15)19/h2-10,12H,11H2,1H3/t12-/m0/s1. The first-order valence-electron chi connectivity index (χ1n) is 7.59. The lowest BCUT2D eigenvalue weighted by atomic mass is 10.2. The Bertz CT molecular complexity index is 851. The number of nitrogens with zero attached hydrogens (tertiary/aromatic N) is 2. The predicted octanol–water partition coefficient (Wildman–Crippen LogP) is 3.56. The molecule has 0 aliphatic rings. The molecular weight excluding hydrogens is 327 g/mol. The molecule has 0 aliphatic carbocycles. The third kappa shape index (κ3) is 4.20. The van der Waals surface area contributed by atoms with Gasteiger partial charge in [0.2, 0.25) is 5.89 Å². The summed E-state index contributed by atoms with van der Waals surface area (Å²) in [7, 11) is 0. The van der Waals surface area contributed by atoms with Gasteiger partial charge in [-0.3, -0.25) is 0 Å². The summed E-state index contributed by atoms with van der Waals surface area (Å²) in [6.07, 6.45) is -0.748. The Labute approximate surface area is 143 Å². The highest BCUT2D eigenvalue weighted by Crippen LogP contribution is 2.22. The molecule has 0 radical (unpaired) electrons. The molecule has 6 nitrogen and oxygen atoms in total. The number of para-hydroxylation sites is 1. The van der Waals surface area contributed by atoms with E-state index in [0.29, 0.717) is 5.89 Å². The van der Waals surface area contributed by atoms with Crippen LogP contribution in [0.4, 0.5) is 4.39 Å². The molecule has 0 unspecified atom stereocenters. The maximum absolute atomic E-state index is 13.4. The molecule has 0 amide bonds. The lowest BCUT2D eigenvalue weighted by Gasteiger charge is -2.10. The maximum Gasteiger partial charge on any atom is 0.344 e. The molecule has 1 aromatic heterocycles. The van der Waals surface area contributed by atoms with E-state index in [9.17, 15) is 9.18 Å². The minimum absolute atomic E-state index is 0.0174. The number of aromatic nitrogens is 2. The molecular formula is C18H15FN2O4. The Balaban J connectivity index is 1.57. The quantitative estimate of drug-likeness (QED) is 0.638. The van der Waals surface area contributed by atoms with Crippen molar-refractivity contribution in [3.63, 3.8) is 0 Å². The minimum Gasteiger partial charge on any atom is -0.479 e. The van der Waals surface area contributed by atoms with Crippen LogP contribution in [0.5, 0.6) is 5.75 Å². The molecule has 0 spiro atoms. The molecule has 7 heteroatoms. The number of hydrogen-bond donors (Lipinski definition) is 0. The monoisotopic (exact) mass is 342 g/mol. The zero-order valence-corrected chi connectivity index (χ0v) is 13.4. The summed E-state index contributed by atoms with van der Waals surface area (Å²) < 4.78 is 29.2. The SMILES string of the molecule is C[C@H](OC(=O)COc1ccccc1F)c1nnc(-c2ccccc2)o1. The van der Waals surface area contributed by atoms with Gasteiger partial charge in [-0.1, -0.05) is 30.3 Å². The van der Waals surface area contributed by atoms with E-state index in [1.165, 1.54) is 18.2 Å².